The first kappa shape index (κ1) is 8.48. The Kier molecular flexibility index (Phi) is 2.10. The Morgan fingerprint density at radius 1 is 1.50 bits per heavy atom. The standard InChI is InChI=1S/C9H18N2O/c10-9(7-12)5-8-3-1-2-4-11(8)6-9/h8,12H,1-7,10H2. The summed E-state index contributed by atoms with van der Waals surface area (Å²) in [6, 6.07) is 0.663. The van der Waals surface area contributed by atoms with E-state index in [0.29, 0.717) is 6.04 Å². The molecule has 2 aliphatic heterocycles. The van der Waals surface area contributed by atoms with Gasteiger partial charge < -0.3 is 10.8 Å². The van der Waals surface area contributed by atoms with Crippen LogP contribution in [0.2, 0.25) is 0 Å². The molecule has 0 aromatic carbocycles. The van der Waals surface area contributed by atoms with E-state index >= 15 is 0 Å². The number of nitrogens with two attached hydrogens (primary N) is 1. The Balaban J connectivity index is 2.02. The summed E-state index contributed by atoms with van der Waals surface area (Å²) in [5.74, 6) is 0. The van der Waals surface area contributed by atoms with Crippen molar-refractivity contribution in [2.45, 2.75) is 37.3 Å². The minimum atomic E-state index is -0.297. The summed E-state index contributed by atoms with van der Waals surface area (Å²) in [5, 5.41) is 9.12. The summed E-state index contributed by atoms with van der Waals surface area (Å²) in [4.78, 5) is 2.44. The van der Waals surface area contributed by atoms with Crippen molar-refractivity contribution >= 4 is 0 Å². The van der Waals surface area contributed by atoms with E-state index < -0.39 is 0 Å². The third-order valence-corrected chi connectivity index (χ3v) is 3.22. The van der Waals surface area contributed by atoms with Gasteiger partial charge in [-0.05, 0) is 25.8 Å². The van der Waals surface area contributed by atoms with Gasteiger partial charge in [-0.1, -0.05) is 6.42 Å². The fourth-order valence-electron chi connectivity index (χ4n) is 2.55. The first-order chi connectivity index (χ1) is 5.73. The molecule has 3 nitrogen and oxygen atoms in total. The van der Waals surface area contributed by atoms with Crippen LogP contribution >= 0.6 is 0 Å². The summed E-state index contributed by atoms with van der Waals surface area (Å²) in [6.07, 6.45) is 4.91. The van der Waals surface area contributed by atoms with Gasteiger partial charge in [0.2, 0.25) is 0 Å². The molecular weight excluding hydrogens is 152 g/mol. The number of aliphatic hydroxyl groups is 1. The third-order valence-electron chi connectivity index (χ3n) is 3.22. The van der Waals surface area contributed by atoms with Gasteiger partial charge in [0.25, 0.3) is 0 Å². The van der Waals surface area contributed by atoms with Gasteiger partial charge in [-0.15, -0.1) is 0 Å². The molecule has 12 heavy (non-hydrogen) atoms. The highest BCUT2D eigenvalue weighted by Gasteiger charge is 2.41. The van der Waals surface area contributed by atoms with E-state index in [2.05, 4.69) is 4.90 Å². The lowest BCUT2D eigenvalue weighted by atomic mass is 9.95. The molecule has 2 rings (SSSR count). The summed E-state index contributed by atoms with van der Waals surface area (Å²) in [5.41, 5.74) is 5.73. The van der Waals surface area contributed by atoms with Gasteiger partial charge in [0, 0.05) is 12.6 Å². The van der Waals surface area contributed by atoms with Gasteiger partial charge in [0.1, 0.15) is 0 Å². The van der Waals surface area contributed by atoms with Crippen molar-refractivity contribution in [1.29, 1.82) is 0 Å². The van der Waals surface area contributed by atoms with Crippen LogP contribution in [0, 0.1) is 0 Å². The molecule has 0 aromatic heterocycles. The molecule has 2 heterocycles. The number of fused-ring (bicyclic) bond motifs is 1. The molecule has 2 unspecified atom stereocenters. The highest BCUT2D eigenvalue weighted by Crippen LogP contribution is 2.31. The number of nitrogens with zero attached hydrogens (tertiary/aromatic N) is 1. The number of piperidine rings is 1. The van der Waals surface area contributed by atoms with Crippen molar-refractivity contribution in [1.82, 2.24) is 4.90 Å². The van der Waals surface area contributed by atoms with E-state index in [-0.39, 0.29) is 12.1 Å². The molecule has 0 aliphatic carbocycles. The minimum Gasteiger partial charge on any atom is -0.394 e. The molecule has 3 N–H and O–H groups in total. The van der Waals surface area contributed by atoms with Crippen molar-refractivity contribution in [2.24, 2.45) is 5.73 Å². The molecular formula is C9H18N2O. The Morgan fingerprint density at radius 2 is 2.33 bits per heavy atom. The molecule has 3 heteroatoms. The highest BCUT2D eigenvalue weighted by molar-refractivity contribution is 5.00. The average molecular weight is 170 g/mol. The van der Waals surface area contributed by atoms with Crippen LogP contribution in [0.1, 0.15) is 25.7 Å². The second kappa shape index (κ2) is 2.98. The summed E-state index contributed by atoms with van der Waals surface area (Å²) in [6.45, 7) is 2.22. The fraction of sp³-hybridized carbons (Fsp3) is 1.00. The van der Waals surface area contributed by atoms with Gasteiger partial charge in [0.05, 0.1) is 12.1 Å². The van der Waals surface area contributed by atoms with Crippen LogP contribution in [0.4, 0.5) is 0 Å². The van der Waals surface area contributed by atoms with Crippen molar-refractivity contribution < 1.29 is 5.11 Å². The molecule has 2 atom stereocenters. The summed E-state index contributed by atoms with van der Waals surface area (Å²) >= 11 is 0. The van der Waals surface area contributed by atoms with E-state index in [9.17, 15) is 0 Å². The summed E-state index contributed by atoms with van der Waals surface area (Å²) in [7, 11) is 0. The molecule has 2 fully saturated rings. The Morgan fingerprint density at radius 3 is 3.00 bits per heavy atom. The minimum absolute atomic E-state index is 0.139. The zero-order valence-corrected chi connectivity index (χ0v) is 7.50. The van der Waals surface area contributed by atoms with E-state index in [4.69, 9.17) is 10.8 Å². The van der Waals surface area contributed by atoms with Crippen LogP contribution in [0.15, 0.2) is 0 Å². The second-order valence-electron chi connectivity index (χ2n) is 4.34. The molecule has 0 aromatic rings. The number of rotatable bonds is 1. The van der Waals surface area contributed by atoms with Gasteiger partial charge in [-0.3, -0.25) is 4.90 Å². The Labute approximate surface area is 73.5 Å². The Bertz CT molecular complexity index is 158. The van der Waals surface area contributed by atoms with Gasteiger partial charge in [0.15, 0.2) is 0 Å². The fourth-order valence-corrected chi connectivity index (χ4v) is 2.55. The maximum absolute atomic E-state index is 9.12. The van der Waals surface area contributed by atoms with Crippen LogP contribution < -0.4 is 5.73 Å². The molecule has 2 aliphatic rings. The lowest BCUT2D eigenvalue weighted by molar-refractivity contribution is 0.178. The average Bonchev–Trinajstić information content (AvgIpc) is 2.42. The number of hydrogen-bond donors (Lipinski definition) is 2. The normalized spacial score (nSPS) is 43.0. The predicted molar refractivity (Wildman–Crippen MR) is 47.8 cm³/mol. The zero-order valence-electron chi connectivity index (χ0n) is 7.50. The van der Waals surface area contributed by atoms with E-state index in [0.717, 1.165) is 13.0 Å². The van der Waals surface area contributed by atoms with Crippen molar-refractivity contribution in [3.05, 3.63) is 0 Å². The highest BCUT2D eigenvalue weighted by atomic mass is 16.3. The first-order valence-corrected chi connectivity index (χ1v) is 4.87. The largest absolute Gasteiger partial charge is 0.394 e. The summed E-state index contributed by atoms with van der Waals surface area (Å²) < 4.78 is 0. The monoisotopic (exact) mass is 170 g/mol. The maximum atomic E-state index is 9.12. The molecule has 0 amide bonds. The molecule has 0 saturated carbocycles. The van der Waals surface area contributed by atoms with E-state index in [1.807, 2.05) is 0 Å². The van der Waals surface area contributed by atoms with Crippen LogP contribution in [-0.2, 0) is 0 Å². The number of hydrogen-bond acceptors (Lipinski definition) is 3. The predicted octanol–water partition coefficient (Wildman–Crippen LogP) is -0.0656. The van der Waals surface area contributed by atoms with Crippen LogP contribution in [0.5, 0.6) is 0 Å². The SMILES string of the molecule is NC1(CO)CC2CCCCN2C1. The van der Waals surface area contributed by atoms with Crippen molar-refractivity contribution in [3.8, 4) is 0 Å². The lowest BCUT2D eigenvalue weighted by Gasteiger charge is -2.28. The van der Waals surface area contributed by atoms with E-state index in [1.54, 1.807) is 0 Å². The van der Waals surface area contributed by atoms with Crippen LogP contribution in [0.3, 0.4) is 0 Å². The Hall–Kier alpha value is -0.120. The van der Waals surface area contributed by atoms with Gasteiger partial charge in [-0.2, -0.15) is 0 Å². The molecule has 2 saturated heterocycles. The zero-order chi connectivity index (χ0) is 8.60. The van der Waals surface area contributed by atoms with Crippen molar-refractivity contribution in [3.63, 3.8) is 0 Å². The quantitative estimate of drug-likeness (QED) is 0.579. The van der Waals surface area contributed by atoms with E-state index in [1.165, 1.54) is 25.8 Å². The maximum Gasteiger partial charge on any atom is 0.0624 e. The van der Waals surface area contributed by atoms with Crippen molar-refractivity contribution in [2.75, 3.05) is 19.7 Å². The second-order valence-corrected chi connectivity index (χ2v) is 4.34. The molecule has 0 bridgehead atoms. The topological polar surface area (TPSA) is 49.5 Å². The molecule has 0 spiro atoms. The lowest BCUT2D eigenvalue weighted by Crippen LogP contribution is -2.46. The molecule has 0 radical (unpaired) electrons. The first-order valence-electron chi connectivity index (χ1n) is 4.87. The van der Waals surface area contributed by atoms with Gasteiger partial charge in [-0.25, -0.2) is 0 Å². The third kappa shape index (κ3) is 1.37. The smallest absolute Gasteiger partial charge is 0.0624 e. The molecule has 70 valence electrons. The van der Waals surface area contributed by atoms with Crippen LogP contribution in [0.25, 0.3) is 0 Å². The van der Waals surface area contributed by atoms with Crippen LogP contribution in [-0.4, -0.2) is 41.3 Å². The van der Waals surface area contributed by atoms with Gasteiger partial charge >= 0.3 is 0 Å². The number of aliphatic hydroxyl groups excluding tert-OH is 1.